The molecule has 2 rings (SSSR count). The summed E-state index contributed by atoms with van der Waals surface area (Å²) in [5.41, 5.74) is 0. The summed E-state index contributed by atoms with van der Waals surface area (Å²) in [5.74, 6) is 0.215. The number of thioether (sulfide) groups is 1. The summed E-state index contributed by atoms with van der Waals surface area (Å²) in [5, 5.41) is 3.78. The lowest BCUT2D eigenvalue weighted by molar-refractivity contribution is -0.131. The number of hydrogen-bond acceptors (Lipinski definition) is 3. The average Bonchev–Trinajstić information content (AvgIpc) is 2.89. The second-order valence-electron chi connectivity index (χ2n) is 5.08. The molecule has 118 valence electrons. The second-order valence-corrected chi connectivity index (χ2v) is 6.87. The van der Waals surface area contributed by atoms with Crippen LogP contribution in [0.4, 0.5) is 0 Å². The molecular weight excluding hydrogens is 327 g/mol. The molecule has 1 saturated heterocycles. The van der Waals surface area contributed by atoms with E-state index in [0.29, 0.717) is 11.1 Å². The highest BCUT2D eigenvalue weighted by Gasteiger charge is 2.31. The number of likely N-dealkylation sites (tertiary alicyclic amines) is 1. The van der Waals surface area contributed by atoms with Crippen molar-refractivity contribution in [2.75, 3.05) is 20.1 Å². The van der Waals surface area contributed by atoms with Crippen molar-refractivity contribution in [3.8, 4) is 0 Å². The van der Waals surface area contributed by atoms with Crippen LogP contribution in [0.5, 0.6) is 0 Å². The zero-order chi connectivity index (χ0) is 14.5. The molecule has 1 heterocycles. The minimum atomic E-state index is -0.104. The van der Waals surface area contributed by atoms with E-state index >= 15 is 0 Å². The molecule has 1 aromatic rings. The lowest BCUT2D eigenvalue weighted by Gasteiger charge is -2.27. The first-order chi connectivity index (χ1) is 9.63. The van der Waals surface area contributed by atoms with Crippen LogP contribution in [0.3, 0.4) is 0 Å². The lowest BCUT2D eigenvalue weighted by atomic mass is 10.2. The average molecular weight is 349 g/mol. The third kappa shape index (κ3) is 4.78. The van der Waals surface area contributed by atoms with Gasteiger partial charge in [-0.15, -0.1) is 24.2 Å². The molecule has 1 N–H and O–H groups in total. The minimum absolute atomic E-state index is 0. The standard InChI is InChI=1S/C15H21ClN2OS.ClH/c1-11(20-14-8-4-3-7-13(14)16)15(19)18-9-5-6-12(18)10-17-2;/h3-4,7-8,11-12,17H,5-6,9-10H2,1-2H3;1H. The molecule has 1 aromatic carbocycles. The Morgan fingerprint density at radius 1 is 1.52 bits per heavy atom. The summed E-state index contributed by atoms with van der Waals surface area (Å²) < 4.78 is 0. The number of rotatable bonds is 5. The molecule has 0 spiro atoms. The predicted octanol–water partition coefficient (Wildman–Crippen LogP) is 3.45. The van der Waals surface area contributed by atoms with Crippen molar-refractivity contribution in [2.45, 2.75) is 36.0 Å². The fraction of sp³-hybridized carbons (Fsp3) is 0.533. The van der Waals surface area contributed by atoms with Crippen molar-refractivity contribution in [3.05, 3.63) is 29.3 Å². The number of benzene rings is 1. The molecule has 3 nitrogen and oxygen atoms in total. The van der Waals surface area contributed by atoms with Crippen LogP contribution in [0.15, 0.2) is 29.2 Å². The second kappa shape index (κ2) is 8.89. The maximum absolute atomic E-state index is 12.6. The topological polar surface area (TPSA) is 32.3 Å². The molecule has 6 heteroatoms. The van der Waals surface area contributed by atoms with E-state index in [1.165, 1.54) is 0 Å². The molecule has 0 aromatic heterocycles. The van der Waals surface area contributed by atoms with Crippen molar-refractivity contribution in [2.24, 2.45) is 0 Å². The molecule has 21 heavy (non-hydrogen) atoms. The van der Waals surface area contributed by atoms with Crippen LogP contribution in [0.2, 0.25) is 5.02 Å². The molecule has 2 unspecified atom stereocenters. The minimum Gasteiger partial charge on any atom is -0.337 e. The number of hydrogen-bond donors (Lipinski definition) is 1. The smallest absolute Gasteiger partial charge is 0.236 e. The monoisotopic (exact) mass is 348 g/mol. The van der Waals surface area contributed by atoms with Crippen LogP contribution in [0.25, 0.3) is 0 Å². The van der Waals surface area contributed by atoms with E-state index < -0.39 is 0 Å². The first-order valence-corrected chi connectivity index (χ1v) is 8.25. The SMILES string of the molecule is CNCC1CCCN1C(=O)C(C)Sc1ccccc1Cl.Cl. The quantitative estimate of drug-likeness (QED) is 0.827. The van der Waals surface area contributed by atoms with Gasteiger partial charge in [0.1, 0.15) is 0 Å². The van der Waals surface area contributed by atoms with E-state index in [1.807, 2.05) is 43.1 Å². The normalized spacial score (nSPS) is 19.2. The summed E-state index contributed by atoms with van der Waals surface area (Å²) in [6, 6.07) is 8.02. The van der Waals surface area contributed by atoms with Gasteiger partial charge < -0.3 is 10.2 Å². The molecule has 0 radical (unpaired) electrons. The van der Waals surface area contributed by atoms with Crippen molar-refractivity contribution in [1.82, 2.24) is 10.2 Å². The molecular formula is C15H22Cl2N2OS. The summed E-state index contributed by atoms with van der Waals surface area (Å²) in [4.78, 5) is 15.6. The Morgan fingerprint density at radius 3 is 2.90 bits per heavy atom. The van der Waals surface area contributed by atoms with Gasteiger partial charge in [-0.1, -0.05) is 23.7 Å². The van der Waals surface area contributed by atoms with Crippen LogP contribution >= 0.6 is 35.8 Å². The van der Waals surface area contributed by atoms with Crippen LogP contribution in [-0.2, 0) is 4.79 Å². The van der Waals surface area contributed by atoms with Crippen LogP contribution < -0.4 is 5.32 Å². The van der Waals surface area contributed by atoms with Gasteiger partial charge in [-0.2, -0.15) is 0 Å². The van der Waals surface area contributed by atoms with Gasteiger partial charge in [-0.05, 0) is 38.9 Å². The number of carbonyl (C=O) groups excluding carboxylic acids is 1. The third-order valence-electron chi connectivity index (χ3n) is 3.59. The zero-order valence-corrected chi connectivity index (χ0v) is 14.7. The molecule has 0 aliphatic carbocycles. The Kier molecular flexibility index (Phi) is 7.88. The van der Waals surface area contributed by atoms with Gasteiger partial charge in [0.15, 0.2) is 0 Å². The van der Waals surface area contributed by atoms with E-state index in [2.05, 4.69) is 5.32 Å². The number of likely N-dealkylation sites (N-methyl/N-ethyl adjacent to an activating group) is 1. The molecule has 2 atom stereocenters. The molecule has 0 saturated carbocycles. The number of carbonyl (C=O) groups is 1. The molecule has 1 amide bonds. The lowest BCUT2D eigenvalue weighted by Crippen LogP contribution is -2.44. The Labute approximate surface area is 142 Å². The number of amides is 1. The predicted molar refractivity (Wildman–Crippen MR) is 92.7 cm³/mol. The number of halogens is 2. The van der Waals surface area contributed by atoms with Gasteiger partial charge in [-0.25, -0.2) is 0 Å². The van der Waals surface area contributed by atoms with E-state index in [0.717, 1.165) is 30.8 Å². The first kappa shape index (κ1) is 18.6. The molecule has 1 aliphatic heterocycles. The maximum atomic E-state index is 12.6. The Morgan fingerprint density at radius 2 is 2.24 bits per heavy atom. The summed E-state index contributed by atoms with van der Waals surface area (Å²) in [7, 11) is 1.93. The largest absolute Gasteiger partial charge is 0.337 e. The van der Waals surface area contributed by atoms with Crippen molar-refractivity contribution >= 4 is 41.7 Å². The third-order valence-corrected chi connectivity index (χ3v) is 5.19. The fourth-order valence-corrected chi connectivity index (χ4v) is 3.81. The van der Waals surface area contributed by atoms with Crippen LogP contribution in [-0.4, -0.2) is 42.2 Å². The van der Waals surface area contributed by atoms with Crippen molar-refractivity contribution < 1.29 is 4.79 Å². The first-order valence-electron chi connectivity index (χ1n) is 6.99. The van der Waals surface area contributed by atoms with Gasteiger partial charge in [0.2, 0.25) is 5.91 Å². The highest BCUT2D eigenvalue weighted by molar-refractivity contribution is 8.00. The van der Waals surface area contributed by atoms with E-state index in [1.54, 1.807) is 11.8 Å². The van der Waals surface area contributed by atoms with Gasteiger partial charge >= 0.3 is 0 Å². The van der Waals surface area contributed by atoms with Crippen molar-refractivity contribution in [1.29, 1.82) is 0 Å². The van der Waals surface area contributed by atoms with Gasteiger partial charge in [0, 0.05) is 24.0 Å². The van der Waals surface area contributed by atoms with E-state index in [9.17, 15) is 4.79 Å². The van der Waals surface area contributed by atoms with Crippen LogP contribution in [0, 0.1) is 0 Å². The van der Waals surface area contributed by atoms with Gasteiger partial charge in [0.05, 0.1) is 10.3 Å². The Bertz CT molecular complexity index is 473. The van der Waals surface area contributed by atoms with Gasteiger partial charge in [-0.3, -0.25) is 4.79 Å². The highest BCUT2D eigenvalue weighted by atomic mass is 35.5. The summed E-state index contributed by atoms with van der Waals surface area (Å²) in [6.45, 7) is 3.71. The van der Waals surface area contributed by atoms with Crippen molar-refractivity contribution in [3.63, 3.8) is 0 Å². The van der Waals surface area contributed by atoms with Crippen LogP contribution in [0.1, 0.15) is 19.8 Å². The Balaban J connectivity index is 0.00000220. The molecule has 1 aliphatic rings. The number of nitrogens with zero attached hydrogens (tertiary/aromatic N) is 1. The van der Waals surface area contributed by atoms with Gasteiger partial charge in [0.25, 0.3) is 0 Å². The zero-order valence-electron chi connectivity index (χ0n) is 12.3. The van der Waals surface area contributed by atoms with E-state index in [4.69, 9.17) is 11.6 Å². The summed E-state index contributed by atoms with van der Waals surface area (Å²) >= 11 is 7.70. The fourth-order valence-electron chi connectivity index (χ4n) is 2.59. The molecule has 0 bridgehead atoms. The maximum Gasteiger partial charge on any atom is 0.236 e. The molecule has 1 fully saturated rings. The highest BCUT2D eigenvalue weighted by Crippen LogP contribution is 2.31. The summed E-state index contributed by atoms with van der Waals surface area (Å²) in [6.07, 6.45) is 2.19. The van der Waals surface area contributed by atoms with E-state index in [-0.39, 0.29) is 23.6 Å². The Hall–Kier alpha value is -0.420. The number of nitrogens with one attached hydrogen (secondary N) is 1.